The molecule has 4 heteroatoms. The average molecular weight is 190 g/mol. The number of carbonyl (C=O) groups excluding carboxylic acids is 1. The quantitative estimate of drug-likeness (QED) is 0.387. The Bertz CT molecular complexity index is 279. The van der Waals surface area contributed by atoms with E-state index in [1.54, 1.807) is 24.3 Å². The van der Waals surface area contributed by atoms with Gasteiger partial charge in [-0.25, -0.2) is 0 Å². The van der Waals surface area contributed by atoms with Crippen LogP contribution in [-0.2, 0) is 0 Å². The van der Waals surface area contributed by atoms with Gasteiger partial charge in [-0.3, -0.25) is 4.79 Å². The number of hydrogen-bond acceptors (Lipinski definition) is 3. The maximum atomic E-state index is 11.0. The molecule has 0 spiro atoms. The van der Waals surface area contributed by atoms with Gasteiger partial charge in [-0.2, -0.15) is 0 Å². The summed E-state index contributed by atoms with van der Waals surface area (Å²) in [5.41, 5.74) is 1.34. The van der Waals surface area contributed by atoms with Crippen molar-refractivity contribution in [1.82, 2.24) is 0 Å². The molecule has 13 heavy (non-hydrogen) atoms. The van der Waals surface area contributed by atoms with E-state index in [0.29, 0.717) is 5.56 Å². The van der Waals surface area contributed by atoms with Gasteiger partial charge in [0.2, 0.25) is 12.1 Å². The molecule has 0 amide bonds. The molecule has 0 saturated heterocycles. The number of hydrogen-bond donors (Lipinski definition) is 2. The van der Waals surface area contributed by atoms with Crippen LogP contribution < -0.4 is 0 Å². The summed E-state index contributed by atoms with van der Waals surface area (Å²) in [5, 5.41) is 17.1. The van der Waals surface area contributed by atoms with Gasteiger partial charge in [-0.1, -0.05) is 29.8 Å². The van der Waals surface area contributed by atoms with Gasteiger partial charge in [0, 0.05) is 5.56 Å². The van der Waals surface area contributed by atoms with E-state index in [2.05, 4.69) is 0 Å². The van der Waals surface area contributed by atoms with Crippen LogP contribution in [0.15, 0.2) is 24.3 Å². The van der Waals surface area contributed by atoms with Gasteiger partial charge in [-0.15, -0.1) is 0 Å². The van der Waals surface area contributed by atoms with Gasteiger partial charge in [0.15, 0.2) is 0 Å². The monoisotopic (exact) mass is 190 g/mol. The molecular formula is C9H11NaO3. The Hall–Kier alpha value is -0.190. The average Bonchev–Trinajstić information content (AvgIpc) is 2.04. The first kappa shape index (κ1) is 12.8. The van der Waals surface area contributed by atoms with Crippen LogP contribution in [-0.4, -0.2) is 51.8 Å². The van der Waals surface area contributed by atoms with Gasteiger partial charge in [0.25, 0.3) is 0 Å². The SMILES string of the molecule is Cc1ccc(C(=O)C(O)O)cc1.[NaH]. The van der Waals surface area contributed by atoms with E-state index in [1.807, 2.05) is 6.92 Å². The van der Waals surface area contributed by atoms with Gasteiger partial charge in [0.1, 0.15) is 0 Å². The van der Waals surface area contributed by atoms with E-state index in [0.717, 1.165) is 5.56 Å². The van der Waals surface area contributed by atoms with E-state index >= 15 is 0 Å². The van der Waals surface area contributed by atoms with Crippen LogP contribution in [0.5, 0.6) is 0 Å². The van der Waals surface area contributed by atoms with Crippen molar-refractivity contribution in [3.63, 3.8) is 0 Å². The molecule has 66 valence electrons. The second kappa shape index (κ2) is 5.52. The third-order valence-electron chi connectivity index (χ3n) is 1.57. The Balaban J connectivity index is 0.00000144. The van der Waals surface area contributed by atoms with E-state index in [1.165, 1.54) is 0 Å². The fourth-order valence-corrected chi connectivity index (χ4v) is 0.867. The minimum atomic E-state index is -1.91. The number of aliphatic hydroxyl groups is 2. The second-order valence-electron chi connectivity index (χ2n) is 2.60. The summed E-state index contributed by atoms with van der Waals surface area (Å²) in [7, 11) is 0. The van der Waals surface area contributed by atoms with Crippen molar-refractivity contribution in [2.24, 2.45) is 0 Å². The van der Waals surface area contributed by atoms with Crippen LogP contribution in [0.1, 0.15) is 15.9 Å². The van der Waals surface area contributed by atoms with Crippen molar-refractivity contribution in [1.29, 1.82) is 0 Å². The molecule has 2 N–H and O–H groups in total. The number of Topliss-reactive ketones (excluding diaryl/α,β-unsaturated/α-hetero) is 1. The Labute approximate surface area is 98.7 Å². The molecule has 0 bridgehead atoms. The normalized spacial score (nSPS) is 9.54. The first-order valence-corrected chi connectivity index (χ1v) is 3.58. The van der Waals surface area contributed by atoms with E-state index in [9.17, 15) is 4.79 Å². The van der Waals surface area contributed by atoms with Crippen molar-refractivity contribution in [2.75, 3.05) is 0 Å². The fraction of sp³-hybridized carbons (Fsp3) is 0.222. The Morgan fingerprint density at radius 2 is 1.69 bits per heavy atom. The summed E-state index contributed by atoms with van der Waals surface area (Å²) in [6.07, 6.45) is -1.91. The minimum absolute atomic E-state index is 0. The van der Waals surface area contributed by atoms with Gasteiger partial charge < -0.3 is 10.2 Å². The number of rotatable bonds is 2. The molecule has 1 rings (SSSR count). The summed E-state index contributed by atoms with van der Waals surface area (Å²) in [6, 6.07) is 6.62. The van der Waals surface area contributed by atoms with Gasteiger partial charge in [0.05, 0.1) is 0 Å². The third kappa shape index (κ3) is 3.58. The molecule has 0 aliphatic rings. The van der Waals surface area contributed by atoms with E-state index in [-0.39, 0.29) is 29.6 Å². The molecule has 0 unspecified atom stereocenters. The number of aliphatic hydroxyl groups excluding tert-OH is 1. The molecule has 1 aromatic rings. The van der Waals surface area contributed by atoms with Crippen LogP contribution >= 0.6 is 0 Å². The molecule has 0 fully saturated rings. The van der Waals surface area contributed by atoms with Crippen LogP contribution in [0.3, 0.4) is 0 Å². The molecule has 1 aromatic carbocycles. The zero-order valence-corrected chi connectivity index (χ0v) is 6.69. The number of carbonyl (C=O) groups is 1. The molecule has 0 saturated carbocycles. The zero-order chi connectivity index (χ0) is 9.14. The van der Waals surface area contributed by atoms with Gasteiger partial charge in [-0.05, 0) is 6.92 Å². The topological polar surface area (TPSA) is 57.5 Å². The third-order valence-corrected chi connectivity index (χ3v) is 1.57. The van der Waals surface area contributed by atoms with Crippen LogP contribution in [0, 0.1) is 6.92 Å². The fourth-order valence-electron chi connectivity index (χ4n) is 0.867. The predicted octanol–water partition coefficient (Wildman–Crippen LogP) is -0.160. The van der Waals surface area contributed by atoms with E-state index < -0.39 is 12.1 Å². The molecule has 0 aliphatic carbocycles. The molecule has 0 heterocycles. The predicted molar refractivity (Wildman–Crippen MR) is 50.9 cm³/mol. The molecule has 3 nitrogen and oxygen atoms in total. The van der Waals surface area contributed by atoms with Crippen molar-refractivity contribution in [2.45, 2.75) is 13.2 Å². The number of ketones is 1. The van der Waals surface area contributed by atoms with Crippen molar-refractivity contribution >= 4 is 35.3 Å². The molecular weight excluding hydrogens is 179 g/mol. The summed E-state index contributed by atoms with van der Waals surface area (Å²) in [4.78, 5) is 11.0. The first-order valence-electron chi connectivity index (χ1n) is 3.58. The van der Waals surface area contributed by atoms with Crippen LogP contribution in [0.2, 0.25) is 0 Å². The Kier molecular flexibility index (Phi) is 5.44. The molecule has 0 aromatic heterocycles. The van der Waals surface area contributed by atoms with E-state index in [4.69, 9.17) is 10.2 Å². The standard InChI is InChI=1S/C9H10O3.Na.H/c1-6-2-4-7(5-3-6)8(10)9(11)12;;/h2-5,9,11-12H,1H3;;. The zero-order valence-electron chi connectivity index (χ0n) is 6.69. The van der Waals surface area contributed by atoms with Crippen LogP contribution in [0.4, 0.5) is 0 Å². The maximum absolute atomic E-state index is 11.0. The Morgan fingerprint density at radius 3 is 2.08 bits per heavy atom. The molecule has 0 atom stereocenters. The molecule has 0 aliphatic heterocycles. The van der Waals surface area contributed by atoms with Gasteiger partial charge >= 0.3 is 29.6 Å². The van der Waals surface area contributed by atoms with Crippen LogP contribution in [0.25, 0.3) is 0 Å². The summed E-state index contributed by atoms with van der Waals surface area (Å²) in [5.74, 6) is -0.671. The first-order chi connectivity index (χ1) is 5.61. The van der Waals surface area contributed by atoms with Crippen molar-refractivity contribution in [3.8, 4) is 0 Å². The summed E-state index contributed by atoms with van der Waals surface area (Å²) >= 11 is 0. The second-order valence-corrected chi connectivity index (χ2v) is 2.60. The molecule has 0 radical (unpaired) electrons. The number of benzene rings is 1. The number of aryl methyl sites for hydroxylation is 1. The van der Waals surface area contributed by atoms with Crippen molar-refractivity contribution in [3.05, 3.63) is 35.4 Å². The Morgan fingerprint density at radius 1 is 1.23 bits per heavy atom. The van der Waals surface area contributed by atoms with Crippen molar-refractivity contribution < 1.29 is 15.0 Å². The summed E-state index contributed by atoms with van der Waals surface area (Å²) in [6.45, 7) is 1.89. The summed E-state index contributed by atoms with van der Waals surface area (Å²) < 4.78 is 0.